The number of halogens is 1. The first-order chi connectivity index (χ1) is 13.7. The fourth-order valence-corrected chi connectivity index (χ4v) is 4.91. The van der Waals surface area contributed by atoms with Gasteiger partial charge in [0.1, 0.15) is 5.82 Å². The van der Waals surface area contributed by atoms with Crippen molar-refractivity contribution in [3.05, 3.63) is 82.6 Å². The summed E-state index contributed by atoms with van der Waals surface area (Å²) < 4.78 is 16.8. The van der Waals surface area contributed by atoms with Gasteiger partial charge in [-0.05, 0) is 64.8 Å². The Morgan fingerprint density at radius 3 is 2.93 bits per heavy atom. The van der Waals surface area contributed by atoms with Crippen LogP contribution in [0.25, 0.3) is 21.3 Å². The van der Waals surface area contributed by atoms with Gasteiger partial charge < -0.3 is 0 Å². The molecule has 2 aromatic carbocycles. The van der Waals surface area contributed by atoms with Crippen LogP contribution in [0.5, 0.6) is 0 Å². The summed E-state index contributed by atoms with van der Waals surface area (Å²) in [6.45, 7) is 4.56. The predicted molar refractivity (Wildman–Crippen MR) is 112 cm³/mol. The Morgan fingerprint density at radius 1 is 1.18 bits per heavy atom. The molecule has 2 aromatic heterocycles. The SMILES string of the molecule is CCN1Cc2c(ccc(-c3cccnn3)c2F)C(c2ccc3sccc3c2)C1. The zero-order valence-corrected chi connectivity index (χ0v) is 16.4. The van der Waals surface area contributed by atoms with Crippen molar-refractivity contribution in [2.75, 3.05) is 13.1 Å². The third kappa shape index (κ3) is 2.91. The highest BCUT2D eigenvalue weighted by molar-refractivity contribution is 7.17. The summed E-state index contributed by atoms with van der Waals surface area (Å²) >= 11 is 1.75. The lowest BCUT2D eigenvalue weighted by Crippen LogP contribution is -2.34. The van der Waals surface area contributed by atoms with E-state index in [9.17, 15) is 0 Å². The van der Waals surface area contributed by atoms with Crippen molar-refractivity contribution in [2.24, 2.45) is 0 Å². The maximum atomic E-state index is 15.5. The highest BCUT2D eigenvalue weighted by Gasteiger charge is 2.29. The fraction of sp³-hybridized carbons (Fsp3) is 0.217. The van der Waals surface area contributed by atoms with Crippen molar-refractivity contribution >= 4 is 21.4 Å². The van der Waals surface area contributed by atoms with Gasteiger partial charge in [0.05, 0.1) is 5.69 Å². The second-order valence-corrected chi connectivity index (χ2v) is 8.15. The molecule has 140 valence electrons. The van der Waals surface area contributed by atoms with Crippen LogP contribution in [0.2, 0.25) is 0 Å². The molecule has 4 aromatic rings. The van der Waals surface area contributed by atoms with Crippen LogP contribution < -0.4 is 0 Å². The lowest BCUT2D eigenvalue weighted by molar-refractivity contribution is 0.248. The van der Waals surface area contributed by atoms with E-state index in [0.717, 1.165) is 24.2 Å². The standard InChI is InChI=1S/C23H20FN3S/c1-2-27-13-19(15-5-8-22-16(12-15)9-11-28-22)17-6-7-18(23(24)20(17)14-27)21-4-3-10-25-26-21/h3-12,19H,2,13-14H2,1H3. The molecule has 1 aliphatic heterocycles. The lowest BCUT2D eigenvalue weighted by Gasteiger charge is -2.35. The molecule has 5 heteroatoms. The third-order valence-corrected chi connectivity index (χ3v) is 6.55. The molecule has 1 unspecified atom stereocenters. The summed E-state index contributed by atoms with van der Waals surface area (Å²) in [5, 5.41) is 11.4. The Labute approximate surface area is 167 Å². The summed E-state index contributed by atoms with van der Waals surface area (Å²) in [6, 6.07) is 16.3. The van der Waals surface area contributed by atoms with Crippen LogP contribution >= 0.6 is 11.3 Å². The number of nitrogens with zero attached hydrogens (tertiary/aromatic N) is 3. The minimum Gasteiger partial charge on any atom is -0.298 e. The summed E-state index contributed by atoms with van der Waals surface area (Å²) in [7, 11) is 0. The number of rotatable bonds is 3. The third-order valence-electron chi connectivity index (χ3n) is 5.65. The molecule has 0 spiro atoms. The van der Waals surface area contributed by atoms with Crippen molar-refractivity contribution in [3.63, 3.8) is 0 Å². The number of benzene rings is 2. The maximum absolute atomic E-state index is 15.5. The van der Waals surface area contributed by atoms with Crippen molar-refractivity contribution < 1.29 is 4.39 Å². The molecule has 3 heterocycles. The number of aromatic nitrogens is 2. The number of hydrogen-bond donors (Lipinski definition) is 0. The fourth-order valence-electron chi connectivity index (χ4n) is 4.14. The van der Waals surface area contributed by atoms with Crippen molar-refractivity contribution in [2.45, 2.75) is 19.4 Å². The lowest BCUT2D eigenvalue weighted by atomic mass is 9.83. The highest BCUT2D eigenvalue weighted by atomic mass is 32.1. The Hall–Kier alpha value is -2.63. The smallest absolute Gasteiger partial charge is 0.137 e. The molecule has 0 N–H and O–H groups in total. The van der Waals surface area contributed by atoms with Crippen LogP contribution in [-0.4, -0.2) is 28.2 Å². The number of fused-ring (bicyclic) bond motifs is 2. The van der Waals surface area contributed by atoms with E-state index in [1.54, 1.807) is 29.7 Å². The molecule has 0 amide bonds. The molecule has 0 bridgehead atoms. The van der Waals surface area contributed by atoms with E-state index in [-0.39, 0.29) is 11.7 Å². The second kappa shape index (κ2) is 7.08. The first kappa shape index (κ1) is 17.5. The molecule has 0 saturated heterocycles. The van der Waals surface area contributed by atoms with Crippen LogP contribution in [0.4, 0.5) is 4.39 Å². The molecule has 1 atom stereocenters. The van der Waals surface area contributed by atoms with E-state index in [2.05, 4.69) is 57.7 Å². The van der Waals surface area contributed by atoms with Crippen molar-refractivity contribution in [3.8, 4) is 11.3 Å². The topological polar surface area (TPSA) is 29.0 Å². The molecule has 5 rings (SSSR count). The Balaban J connectivity index is 1.64. The minimum absolute atomic E-state index is 0.165. The number of likely N-dealkylation sites (N-methyl/N-ethyl adjacent to an activating group) is 1. The van der Waals surface area contributed by atoms with Gasteiger partial charge in [0, 0.05) is 41.0 Å². The maximum Gasteiger partial charge on any atom is 0.137 e. The quantitative estimate of drug-likeness (QED) is 0.466. The average molecular weight is 389 g/mol. The summed E-state index contributed by atoms with van der Waals surface area (Å²) in [4.78, 5) is 2.31. The first-order valence-electron chi connectivity index (χ1n) is 9.53. The van der Waals surface area contributed by atoms with Crippen LogP contribution in [0.3, 0.4) is 0 Å². The largest absolute Gasteiger partial charge is 0.298 e. The number of hydrogen-bond acceptors (Lipinski definition) is 4. The van der Waals surface area contributed by atoms with E-state index in [4.69, 9.17) is 0 Å². The molecule has 28 heavy (non-hydrogen) atoms. The normalized spacial score (nSPS) is 17.0. The molecule has 1 aliphatic rings. The molecule has 0 fully saturated rings. The molecule has 0 radical (unpaired) electrons. The highest BCUT2D eigenvalue weighted by Crippen LogP contribution is 2.38. The predicted octanol–water partition coefficient (Wildman–Crippen LogP) is 5.46. The van der Waals surface area contributed by atoms with Crippen LogP contribution in [0.1, 0.15) is 29.5 Å². The van der Waals surface area contributed by atoms with Gasteiger partial charge in [-0.2, -0.15) is 10.2 Å². The first-order valence-corrected chi connectivity index (χ1v) is 10.4. The summed E-state index contributed by atoms with van der Waals surface area (Å²) in [5.41, 5.74) is 4.22. The molecule has 0 saturated carbocycles. The van der Waals surface area contributed by atoms with Gasteiger partial charge in [0.2, 0.25) is 0 Å². The van der Waals surface area contributed by atoms with Crippen LogP contribution in [0, 0.1) is 5.82 Å². The monoisotopic (exact) mass is 389 g/mol. The second-order valence-electron chi connectivity index (χ2n) is 7.20. The van der Waals surface area contributed by atoms with Crippen molar-refractivity contribution in [1.29, 1.82) is 0 Å². The van der Waals surface area contributed by atoms with Gasteiger partial charge in [0.15, 0.2) is 0 Å². The molecular weight excluding hydrogens is 369 g/mol. The van der Waals surface area contributed by atoms with Crippen LogP contribution in [0.15, 0.2) is 60.1 Å². The van der Waals surface area contributed by atoms with Gasteiger partial charge in [-0.1, -0.05) is 19.1 Å². The van der Waals surface area contributed by atoms with Crippen LogP contribution in [-0.2, 0) is 6.54 Å². The Bertz CT molecular complexity index is 1140. The van der Waals surface area contributed by atoms with Gasteiger partial charge in [-0.3, -0.25) is 4.90 Å². The summed E-state index contributed by atoms with van der Waals surface area (Å²) in [6.07, 6.45) is 1.61. The molecule has 3 nitrogen and oxygen atoms in total. The minimum atomic E-state index is -0.169. The van der Waals surface area contributed by atoms with E-state index < -0.39 is 0 Å². The van der Waals surface area contributed by atoms with Gasteiger partial charge >= 0.3 is 0 Å². The van der Waals surface area contributed by atoms with E-state index in [1.807, 2.05) is 6.07 Å². The Kier molecular flexibility index (Phi) is 4.41. The van der Waals surface area contributed by atoms with E-state index in [0.29, 0.717) is 17.8 Å². The molecule has 0 aliphatic carbocycles. The Morgan fingerprint density at radius 2 is 2.11 bits per heavy atom. The van der Waals surface area contributed by atoms with Crippen molar-refractivity contribution in [1.82, 2.24) is 15.1 Å². The van der Waals surface area contributed by atoms with Gasteiger partial charge in [0.25, 0.3) is 0 Å². The van der Waals surface area contributed by atoms with Gasteiger partial charge in [-0.25, -0.2) is 4.39 Å². The average Bonchev–Trinajstić information content (AvgIpc) is 3.22. The zero-order valence-electron chi connectivity index (χ0n) is 15.6. The number of thiophene rings is 1. The van der Waals surface area contributed by atoms with Gasteiger partial charge in [-0.15, -0.1) is 11.3 Å². The summed E-state index contributed by atoms with van der Waals surface area (Å²) in [5.74, 6) is -0.00355. The van der Waals surface area contributed by atoms with E-state index >= 15 is 4.39 Å². The van der Waals surface area contributed by atoms with E-state index in [1.165, 1.54) is 15.6 Å². The zero-order chi connectivity index (χ0) is 19.1. The molecular formula is C23H20FN3S.